The lowest BCUT2D eigenvalue weighted by atomic mass is 9.85. The van der Waals surface area contributed by atoms with Crippen molar-refractivity contribution in [2.24, 2.45) is 11.7 Å². The minimum absolute atomic E-state index is 0.0758. The summed E-state index contributed by atoms with van der Waals surface area (Å²) < 4.78 is 0. The number of hydrogen-bond donors (Lipinski definition) is 3. The molecule has 1 fully saturated rings. The molecule has 2 rings (SSSR count). The molecular weight excluding hydrogens is 218 g/mol. The van der Waals surface area contributed by atoms with Gasteiger partial charge in [-0.3, -0.25) is 4.79 Å². The van der Waals surface area contributed by atoms with E-state index in [1.54, 1.807) is 24.3 Å². The van der Waals surface area contributed by atoms with Gasteiger partial charge in [0, 0.05) is 17.3 Å². The molecule has 5 heteroatoms. The van der Waals surface area contributed by atoms with E-state index in [9.17, 15) is 9.59 Å². The number of nitrogens with one attached hydrogen (secondary N) is 2. The summed E-state index contributed by atoms with van der Waals surface area (Å²) in [6.07, 6.45) is 3.10. The first-order valence-electron chi connectivity index (χ1n) is 5.62. The van der Waals surface area contributed by atoms with Crippen molar-refractivity contribution in [3.63, 3.8) is 0 Å². The summed E-state index contributed by atoms with van der Waals surface area (Å²) in [6.45, 7) is 0. The molecule has 0 heterocycles. The molecule has 0 aliphatic heterocycles. The number of rotatable bonds is 3. The van der Waals surface area contributed by atoms with Crippen molar-refractivity contribution >= 4 is 23.3 Å². The van der Waals surface area contributed by atoms with Crippen LogP contribution in [-0.4, -0.2) is 11.9 Å². The van der Waals surface area contributed by atoms with E-state index < -0.39 is 6.03 Å². The van der Waals surface area contributed by atoms with Crippen LogP contribution in [0.5, 0.6) is 0 Å². The highest BCUT2D eigenvalue weighted by Crippen LogP contribution is 2.27. The number of amides is 3. The van der Waals surface area contributed by atoms with E-state index in [-0.39, 0.29) is 11.8 Å². The Bertz CT molecular complexity index is 424. The van der Waals surface area contributed by atoms with Crippen molar-refractivity contribution in [2.45, 2.75) is 19.3 Å². The largest absolute Gasteiger partial charge is 0.351 e. The van der Waals surface area contributed by atoms with Gasteiger partial charge in [0.1, 0.15) is 0 Å². The Balaban J connectivity index is 1.93. The van der Waals surface area contributed by atoms with Gasteiger partial charge >= 0.3 is 6.03 Å². The van der Waals surface area contributed by atoms with Crippen molar-refractivity contribution in [3.05, 3.63) is 24.3 Å². The SMILES string of the molecule is NC(=O)Nc1ccc(NC(=O)C2CCC2)cc1. The lowest BCUT2D eigenvalue weighted by molar-refractivity contribution is -0.122. The van der Waals surface area contributed by atoms with Crippen LogP contribution in [0.3, 0.4) is 0 Å². The van der Waals surface area contributed by atoms with Gasteiger partial charge in [0.05, 0.1) is 0 Å². The first-order valence-corrected chi connectivity index (χ1v) is 5.62. The highest BCUT2D eigenvalue weighted by molar-refractivity contribution is 5.93. The van der Waals surface area contributed by atoms with Crippen molar-refractivity contribution in [3.8, 4) is 0 Å². The monoisotopic (exact) mass is 233 g/mol. The molecule has 0 radical (unpaired) electrons. The van der Waals surface area contributed by atoms with Crippen LogP contribution in [0.2, 0.25) is 0 Å². The Hall–Kier alpha value is -2.04. The van der Waals surface area contributed by atoms with Gasteiger partial charge in [-0.25, -0.2) is 4.79 Å². The second-order valence-corrected chi connectivity index (χ2v) is 4.18. The molecule has 4 N–H and O–H groups in total. The zero-order valence-electron chi connectivity index (χ0n) is 9.40. The highest BCUT2D eigenvalue weighted by Gasteiger charge is 2.24. The third-order valence-corrected chi connectivity index (χ3v) is 2.90. The fourth-order valence-electron chi connectivity index (χ4n) is 1.69. The van der Waals surface area contributed by atoms with E-state index in [4.69, 9.17) is 5.73 Å². The Kier molecular flexibility index (Phi) is 3.27. The van der Waals surface area contributed by atoms with Crippen LogP contribution in [-0.2, 0) is 4.79 Å². The average Bonchev–Trinajstić information content (AvgIpc) is 2.17. The Morgan fingerprint density at radius 1 is 1.06 bits per heavy atom. The van der Waals surface area contributed by atoms with Crippen molar-refractivity contribution in [1.29, 1.82) is 0 Å². The fraction of sp³-hybridized carbons (Fsp3) is 0.333. The summed E-state index contributed by atoms with van der Waals surface area (Å²) in [7, 11) is 0. The van der Waals surface area contributed by atoms with Crippen molar-refractivity contribution < 1.29 is 9.59 Å². The number of primary amides is 1. The first-order chi connectivity index (χ1) is 8.15. The van der Waals surface area contributed by atoms with Crippen LogP contribution in [0.25, 0.3) is 0 Å². The quantitative estimate of drug-likeness (QED) is 0.745. The lowest BCUT2D eigenvalue weighted by Crippen LogP contribution is -2.28. The van der Waals surface area contributed by atoms with E-state index in [1.165, 1.54) is 0 Å². The number of benzene rings is 1. The number of urea groups is 1. The fourth-order valence-corrected chi connectivity index (χ4v) is 1.69. The summed E-state index contributed by atoms with van der Waals surface area (Å²) in [6, 6.07) is 6.27. The second-order valence-electron chi connectivity index (χ2n) is 4.18. The van der Waals surface area contributed by atoms with E-state index >= 15 is 0 Å². The number of nitrogens with two attached hydrogens (primary N) is 1. The molecule has 1 aliphatic rings. The zero-order chi connectivity index (χ0) is 12.3. The maximum atomic E-state index is 11.7. The van der Waals surface area contributed by atoms with E-state index in [1.807, 2.05) is 0 Å². The maximum absolute atomic E-state index is 11.7. The van der Waals surface area contributed by atoms with E-state index in [2.05, 4.69) is 10.6 Å². The second kappa shape index (κ2) is 4.86. The van der Waals surface area contributed by atoms with Crippen molar-refractivity contribution in [2.75, 3.05) is 10.6 Å². The van der Waals surface area contributed by atoms with Crippen LogP contribution in [0, 0.1) is 5.92 Å². The highest BCUT2D eigenvalue weighted by atomic mass is 16.2. The Morgan fingerprint density at radius 3 is 2.00 bits per heavy atom. The number of carbonyl (C=O) groups is 2. The maximum Gasteiger partial charge on any atom is 0.316 e. The summed E-state index contributed by atoms with van der Waals surface area (Å²) in [5.74, 6) is 0.241. The molecule has 0 spiro atoms. The molecule has 1 aromatic carbocycles. The predicted octanol–water partition coefficient (Wildman–Crippen LogP) is 1.92. The molecule has 90 valence electrons. The van der Waals surface area contributed by atoms with Gasteiger partial charge in [0.2, 0.25) is 5.91 Å². The molecule has 5 nitrogen and oxygen atoms in total. The third-order valence-electron chi connectivity index (χ3n) is 2.90. The zero-order valence-corrected chi connectivity index (χ0v) is 9.40. The van der Waals surface area contributed by atoms with Crippen LogP contribution in [0.4, 0.5) is 16.2 Å². The van der Waals surface area contributed by atoms with Gasteiger partial charge in [0.25, 0.3) is 0 Å². The van der Waals surface area contributed by atoms with Gasteiger partial charge in [-0.05, 0) is 37.1 Å². The molecule has 0 atom stereocenters. The van der Waals surface area contributed by atoms with Gasteiger partial charge in [-0.2, -0.15) is 0 Å². The number of anilines is 2. The molecule has 1 saturated carbocycles. The normalized spacial score (nSPS) is 14.8. The summed E-state index contributed by atoms with van der Waals surface area (Å²) in [4.78, 5) is 22.3. The van der Waals surface area contributed by atoms with Gasteiger partial charge in [-0.15, -0.1) is 0 Å². The Labute approximate surface area is 99.4 Å². The minimum Gasteiger partial charge on any atom is -0.351 e. The van der Waals surface area contributed by atoms with Gasteiger partial charge in [-0.1, -0.05) is 6.42 Å². The molecule has 0 bridgehead atoms. The average molecular weight is 233 g/mol. The molecule has 0 aromatic heterocycles. The Morgan fingerprint density at radius 2 is 1.59 bits per heavy atom. The molecule has 17 heavy (non-hydrogen) atoms. The predicted molar refractivity (Wildman–Crippen MR) is 65.6 cm³/mol. The van der Waals surface area contributed by atoms with E-state index in [0.717, 1.165) is 24.9 Å². The molecule has 1 aromatic rings. The molecule has 3 amide bonds. The lowest BCUT2D eigenvalue weighted by Gasteiger charge is -2.24. The minimum atomic E-state index is -0.601. The van der Waals surface area contributed by atoms with Crippen LogP contribution in [0.15, 0.2) is 24.3 Å². The van der Waals surface area contributed by atoms with Crippen LogP contribution >= 0.6 is 0 Å². The molecule has 0 saturated heterocycles. The standard InChI is InChI=1S/C12H15N3O2/c13-12(17)15-10-6-4-9(5-7-10)14-11(16)8-2-1-3-8/h4-8H,1-3H2,(H,14,16)(H3,13,15,17). The van der Waals surface area contributed by atoms with Crippen LogP contribution < -0.4 is 16.4 Å². The summed E-state index contributed by atoms with van der Waals surface area (Å²) in [5, 5.41) is 5.30. The third kappa shape index (κ3) is 2.96. The number of hydrogen-bond acceptors (Lipinski definition) is 2. The topological polar surface area (TPSA) is 84.2 Å². The van der Waals surface area contributed by atoms with Crippen molar-refractivity contribution in [1.82, 2.24) is 0 Å². The molecule has 0 unspecified atom stereocenters. The molecule has 1 aliphatic carbocycles. The molecular formula is C12H15N3O2. The van der Waals surface area contributed by atoms with E-state index in [0.29, 0.717) is 5.69 Å². The van der Waals surface area contributed by atoms with Gasteiger partial charge < -0.3 is 16.4 Å². The van der Waals surface area contributed by atoms with Gasteiger partial charge in [0.15, 0.2) is 0 Å². The first kappa shape index (κ1) is 11.4. The summed E-state index contributed by atoms with van der Waals surface area (Å²) in [5.41, 5.74) is 6.33. The van der Waals surface area contributed by atoms with Crippen LogP contribution in [0.1, 0.15) is 19.3 Å². The number of carbonyl (C=O) groups excluding carboxylic acids is 2. The summed E-state index contributed by atoms with van der Waals surface area (Å²) >= 11 is 0. The smallest absolute Gasteiger partial charge is 0.316 e.